The van der Waals surface area contributed by atoms with Gasteiger partial charge in [0.15, 0.2) is 0 Å². The van der Waals surface area contributed by atoms with E-state index in [-0.39, 0.29) is 5.91 Å². The van der Waals surface area contributed by atoms with Gasteiger partial charge in [-0.15, -0.1) is 0 Å². The van der Waals surface area contributed by atoms with Gasteiger partial charge < -0.3 is 15.3 Å². The third kappa shape index (κ3) is 1.98. The Hall–Kier alpha value is -2.04. The van der Waals surface area contributed by atoms with Crippen LogP contribution in [-0.2, 0) is 4.79 Å². The normalized spacial score (nSPS) is 19.9. The number of carbonyl (C=O) groups is 2. The van der Waals surface area contributed by atoms with Gasteiger partial charge in [0.05, 0.1) is 0 Å². The van der Waals surface area contributed by atoms with Crippen molar-refractivity contribution in [2.24, 2.45) is 0 Å². The summed E-state index contributed by atoms with van der Waals surface area (Å²) in [5.74, 6) is -0.186. The largest absolute Gasteiger partial charge is 0.465 e. The third-order valence-corrected chi connectivity index (χ3v) is 2.57. The van der Waals surface area contributed by atoms with Gasteiger partial charge in [0.1, 0.15) is 6.04 Å². The van der Waals surface area contributed by atoms with E-state index in [9.17, 15) is 9.59 Å². The van der Waals surface area contributed by atoms with Crippen molar-refractivity contribution in [1.82, 2.24) is 5.32 Å². The summed E-state index contributed by atoms with van der Waals surface area (Å²) in [7, 11) is 0. The van der Waals surface area contributed by atoms with Crippen molar-refractivity contribution < 1.29 is 14.7 Å². The smallest absolute Gasteiger partial charge is 0.405 e. The van der Waals surface area contributed by atoms with Gasteiger partial charge >= 0.3 is 6.09 Å². The van der Waals surface area contributed by atoms with E-state index in [1.54, 1.807) is 4.90 Å². The number of para-hydroxylation sites is 1. The Morgan fingerprint density at radius 2 is 2.06 bits per heavy atom. The van der Waals surface area contributed by atoms with Crippen LogP contribution in [0, 0.1) is 0 Å². The van der Waals surface area contributed by atoms with E-state index in [0.717, 1.165) is 5.69 Å². The summed E-state index contributed by atoms with van der Waals surface area (Å²) >= 11 is 0. The molecule has 0 aromatic heterocycles. The highest BCUT2D eigenvalue weighted by atomic mass is 16.4. The average molecular weight is 220 g/mol. The summed E-state index contributed by atoms with van der Waals surface area (Å²) < 4.78 is 0. The number of rotatable bonds is 2. The summed E-state index contributed by atoms with van der Waals surface area (Å²) in [6, 6.07) is 8.62. The third-order valence-electron chi connectivity index (χ3n) is 2.57. The summed E-state index contributed by atoms with van der Waals surface area (Å²) in [6.45, 7) is 0.549. The lowest BCUT2D eigenvalue weighted by molar-refractivity contribution is -0.118. The zero-order valence-corrected chi connectivity index (χ0v) is 8.59. The van der Waals surface area contributed by atoms with Crippen molar-refractivity contribution in [2.75, 3.05) is 11.4 Å². The van der Waals surface area contributed by atoms with Gasteiger partial charge in [-0.25, -0.2) is 4.79 Å². The Labute approximate surface area is 92.7 Å². The topological polar surface area (TPSA) is 69.6 Å². The molecule has 0 saturated carbocycles. The number of hydrogen-bond acceptors (Lipinski definition) is 2. The first-order chi connectivity index (χ1) is 7.68. The summed E-state index contributed by atoms with van der Waals surface area (Å²) in [4.78, 5) is 23.9. The lowest BCUT2D eigenvalue weighted by atomic mass is 10.2. The highest BCUT2D eigenvalue weighted by Gasteiger charge is 2.33. The van der Waals surface area contributed by atoms with Crippen LogP contribution < -0.4 is 10.2 Å². The molecular formula is C11H12N2O3. The minimum atomic E-state index is -1.16. The van der Waals surface area contributed by atoms with Gasteiger partial charge in [-0.2, -0.15) is 0 Å². The van der Waals surface area contributed by atoms with E-state index in [4.69, 9.17) is 5.11 Å². The molecule has 84 valence electrons. The van der Waals surface area contributed by atoms with Gasteiger partial charge in [-0.05, 0) is 18.6 Å². The molecule has 1 atom stereocenters. The number of carboxylic acid groups (broad SMARTS) is 1. The molecule has 1 fully saturated rings. The molecule has 1 aromatic carbocycles. The predicted octanol–water partition coefficient (Wildman–Crippen LogP) is 1.06. The number of anilines is 1. The maximum Gasteiger partial charge on any atom is 0.405 e. The van der Waals surface area contributed by atoms with Crippen LogP contribution in [0.3, 0.4) is 0 Å². The predicted molar refractivity (Wildman–Crippen MR) is 58.4 cm³/mol. The van der Waals surface area contributed by atoms with Crippen LogP contribution in [0.15, 0.2) is 30.3 Å². The maximum atomic E-state index is 11.8. The van der Waals surface area contributed by atoms with Gasteiger partial charge in [0.25, 0.3) is 0 Å². The Bertz CT molecular complexity index is 405. The second kappa shape index (κ2) is 4.22. The zero-order valence-electron chi connectivity index (χ0n) is 8.59. The second-order valence-corrected chi connectivity index (χ2v) is 3.62. The van der Waals surface area contributed by atoms with Crippen molar-refractivity contribution in [3.63, 3.8) is 0 Å². The maximum absolute atomic E-state index is 11.8. The standard InChI is InChI=1S/C11H12N2O3/c14-10-9(12-11(15)16)6-7-13(10)8-4-2-1-3-5-8/h1-5,9,12H,6-7H2,(H,15,16). The monoisotopic (exact) mass is 220 g/mol. The van der Waals surface area contributed by atoms with Crippen LogP contribution in [0.4, 0.5) is 10.5 Å². The van der Waals surface area contributed by atoms with Crippen molar-refractivity contribution in [3.05, 3.63) is 30.3 Å². The molecule has 0 aliphatic carbocycles. The Kier molecular flexibility index (Phi) is 2.76. The molecule has 2 rings (SSSR count). The van der Waals surface area contributed by atoms with Crippen molar-refractivity contribution in [2.45, 2.75) is 12.5 Å². The molecule has 16 heavy (non-hydrogen) atoms. The number of hydrogen-bond donors (Lipinski definition) is 2. The molecule has 1 aliphatic heterocycles. The fourth-order valence-corrected chi connectivity index (χ4v) is 1.83. The summed E-state index contributed by atoms with van der Waals surface area (Å²) in [5.41, 5.74) is 0.808. The summed E-state index contributed by atoms with van der Waals surface area (Å²) in [6.07, 6.45) is -0.645. The van der Waals surface area contributed by atoms with Crippen LogP contribution >= 0.6 is 0 Å². The molecule has 1 aliphatic rings. The van der Waals surface area contributed by atoms with E-state index in [1.807, 2.05) is 30.3 Å². The van der Waals surface area contributed by atoms with Crippen molar-refractivity contribution in [1.29, 1.82) is 0 Å². The van der Waals surface area contributed by atoms with Gasteiger partial charge in [0, 0.05) is 12.2 Å². The second-order valence-electron chi connectivity index (χ2n) is 3.62. The molecule has 0 spiro atoms. The Morgan fingerprint density at radius 3 is 2.69 bits per heavy atom. The zero-order chi connectivity index (χ0) is 11.5. The molecule has 1 unspecified atom stereocenters. The van der Waals surface area contributed by atoms with E-state index in [2.05, 4.69) is 5.32 Å². The first-order valence-electron chi connectivity index (χ1n) is 5.04. The lowest BCUT2D eigenvalue weighted by Crippen LogP contribution is -2.40. The highest BCUT2D eigenvalue weighted by Crippen LogP contribution is 2.20. The minimum Gasteiger partial charge on any atom is -0.465 e. The molecule has 0 bridgehead atoms. The van der Waals surface area contributed by atoms with Crippen LogP contribution in [0.1, 0.15) is 6.42 Å². The Morgan fingerprint density at radius 1 is 1.38 bits per heavy atom. The molecule has 5 heteroatoms. The van der Waals surface area contributed by atoms with Gasteiger partial charge in [-0.3, -0.25) is 4.79 Å². The van der Waals surface area contributed by atoms with Gasteiger partial charge in [0.2, 0.25) is 5.91 Å². The number of benzene rings is 1. The molecule has 1 saturated heterocycles. The van der Waals surface area contributed by atoms with Crippen LogP contribution in [0.5, 0.6) is 0 Å². The minimum absolute atomic E-state index is 0.186. The lowest BCUT2D eigenvalue weighted by Gasteiger charge is -2.16. The molecule has 5 nitrogen and oxygen atoms in total. The van der Waals surface area contributed by atoms with E-state index in [1.165, 1.54) is 0 Å². The molecule has 2 N–H and O–H groups in total. The van der Waals surface area contributed by atoms with Crippen molar-refractivity contribution >= 4 is 17.7 Å². The van der Waals surface area contributed by atoms with E-state index >= 15 is 0 Å². The van der Waals surface area contributed by atoms with E-state index in [0.29, 0.717) is 13.0 Å². The molecule has 1 heterocycles. The fourth-order valence-electron chi connectivity index (χ4n) is 1.83. The molecule has 1 aromatic rings. The SMILES string of the molecule is O=C(O)NC1CCN(c2ccccc2)C1=O. The molecule has 0 radical (unpaired) electrons. The first kappa shape index (κ1) is 10.5. The summed E-state index contributed by atoms with van der Waals surface area (Å²) in [5, 5.41) is 10.8. The first-order valence-corrected chi connectivity index (χ1v) is 5.04. The molecular weight excluding hydrogens is 208 g/mol. The molecule has 2 amide bonds. The van der Waals surface area contributed by atoms with Crippen LogP contribution in [0.2, 0.25) is 0 Å². The number of nitrogens with one attached hydrogen (secondary N) is 1. The fraction of sp³-hybridized carbons (Fsp3) is 0.273. The van der Waals surface area contributed by atoms with Crippen molar-refractivity contribution in [3.8, 4) is 0 Å². The average Bonchev–Trinajstić information content (AvgIpc) is 2.61. The highest BCUT2D eigenvalue weighted by molar-refractivity contribution is 6.00. The number of nitrogens with zero attached hydrogens (tertiary/aromatic N) is 1. The Balaban J connectivity index is 2.11. The van der Waals surface area contributed by atoms with E-state index < -0.39 is 12.1 Å². The number of carbonyl (C=O) groups excluding carboxylic acids is 1. The van der Waals surface area contributed by atoms with Crippen LogP contribution in [0.25, 0.3) is 0 Å². The number of amides is 2. The quantitative estimate of drug-likeness (QED) is 0.783. The van der Waals surface area contributed by atoms with Crippen LogP contribution in [-0.4, -0.2) is 29.7 Å². The van der Waals surface area contributed by atoms with Gasteiger partial charge in [-0.1, -0.05) is 18.2 Å².